The van der Waals surface area contributed by atoms with Crippen molar-refractivity contribution in [2.75, 3.05) is 7.05 Å². The summed E-state index contributed by atoms with van der Waals surface area (Å²) in [5.41, 5.74) is -0.621. The number of amides is 3. The molecule has 0 spiro atoms. The summed E-state index contributed by atoms with van der Waals surface area (Å²) in [7, 11) is 1.46. The van der Waals surface area contributed by atoms with E-state index in [1.54, 1.807) is 53.7 Å². The number of hydrogen-bond donors (Lipinski definition) is 3. The van der Waals surface area contributed by atoms with Crippen LogP contribution in [0, 0.1) is 5.41 Å². The minimum atomic E-state index is -1.29. The highest BCUT2D eigenvalue weighted by atomic mass is 16.6. The smallest absolute Gasteiger partial charge is 0.408 e. The molecule has 178 valence electrons. The number of nitrogens with one attached hydrogen (secondary N) is 3. The number of alkyl carbamates (subject to hydrolysis) is 1. The molecule has 2 atom stereocenters. The lowest BCUT2D eigenvalue weighted by Crippen LogP contribution is -2.58. The number of likely N-dealkylation sites (N-methyl/N-ethyl adjacent to an activating group) is 1. The second-order valence-electron chi connectivity index (χ2n) is 9.47. The lowest BCUT2D eigenvalue weighted by Gasteiger charge is -2.31. The highest BCUT2D eigenvalue weighted by molar-refractivity contribution is 5.93. The van der Waals surface area contributed by atoms with Gasteiger partial charge in [0.15, 0.2) is 0 Å². The Bertz CT molecular complexity index is 796. The van der Waals surface area contributed by atoms with E-state index in [1.165, 1.54) is 7.05 Å². The van der Waals surface area contributed by atoms with Crippen molar-refractivity contribution in [3.63, 3.8) is 0 Å². The van der Waals surface area contributed by atoms with Crippen molar-refractivity contribution < 1.29 is 28.7 Å². The Kier molecular flexibility index (Phi) is 9.68. The molecular weight excluding hydrogens is 414 g/mol. The van der Waals surface area contributed by atoms with Crippen LogP contribution < -0.4 is 16.0 Å². The predicted molar refractivity (Wildman–Crippen MR) is 119 cm³/mol. The van der Waals surface area contributed by atoms with Crippen molar-refractivity contribution >= 4 is 23.9 Å². The van der Waals surface area contributed by atoms with Gasteiger partial charge in [-0.3, -0.25) is 14.4 Å². The van der Waals surface area contributed by atoms with Gasteiger partial charge in [0.2, 0.25) is 11.8 Å². The molecule has 1 rings (SSSR count). The summed E-state index contributed by atoms with van der Waals surface area (Å²) in [5, 5.41) is 7.55. The summed E-state index contributed by atoms with van der Waals surface area (Å²) in [6.45, 7) is 10.4. The SMILES string of the molecule is CNC(=O)[C@@H](NC(=O)[C@H](CC(=O)OCc1ccccc1)NC(=O)OC(C)(C)C)C(C)(C)C. The molecule has 0 unspecified atom stereocenters. The molecule has 0 aliphatic carbocycles. The third-order valence-corrected chi connectivity index (χ3v) is 4.28. The second-order valence-corrected chi connectivity index (χ2v) is 9.47. The minimum Gasteiger partial charge on any atom is -0.461 e. The third kappa shape index (κ3) is 9.80. The van der Waals surface area contributed by atoms with Crippen LogP contribution in [0.4, 0.5) is 4.79 Å². The predicted octanol–water partition coefficient (Wildman–Crippen LogP) is 2.29. The fourth-order valence-corrected chi connectivity index (χ4v) is 2.69. The molecule has 0 aliphatic rings. The van der Waals surface area contributed by atoms with Gasteiger partial charge in [-0.05, 0) is 31.7 Å². The quantitative estimate of drug-likeness (QED) is 0.523. The zero-order chi connectivity index (χ0) is 24.5. The van der Waals surface area contributed by atoms with Crippen molar-refractivity contribution in [2.24, 2.45) is 5.41 Å². The van der Waals surface area contributed by atoms with Crippen LogP contribution in [0.1, 0.15) is 53.5 Å². The third-order valence-electron chi connectivity index (χ3n) is 4.28. The molecule has 0 saturated heterocycles. The van der Waals surface area contributed by atoms with Crippen LogP contribution in [0.25, 0.3) is 0 Å². The van der Waals surface area contributed by atoms with Gasteiger partial charge in [-0.25, -0.2) is 4.79 Å². The van der Waals surface area contributed by atoms with Crippen molar-refractivity contribution in [3.05, 3.63) is 35.9 Å². The van der Waals surface area contributed by atoms with Crippen LogP contribution >= 0.6 is 0 Å². The zero-order valence-electron chi connectivity index (χ0n) is 19.9. The molecule has 0 saturated carbocycles. The monoisotopic (exact) mass is 449 g/mol. The van der Waals surface area contributed by atoms with Gasteiger partial charge in [0, 0.05) is 7.05 Å². The van der Waals surface area contributed by atoms with Crippen LogP contribution in [0.5, 0.6) is 0 Å². The first-order valence-corrected chi connectivity index (χ1v) is 10.4. The first-order valence-electron chi connectivity index (χ1n) is 10.4. The first-order chi connectivity index (χ1) is 14.7. The number of esters is 1. The summed E-state index contributed by atoms with van der Waals surface area (Å²) < 4.78 is 10.5. The Labute approximate surface area is 189 Å². The zero-order valence-corrected chi connectivity index (χ0v) is 19.9. The molecule has 1 aromatic rings. The van der Waals surface area contributed by atoms with Crippen LogP contribution in [0.2, 0.25) is 0 Å². The van der Waals surface area contributed by atoms with E-state index >= 15 is 0 Å². The molecule has 0 aliphatic heterocycles. The van der Waals surface area contributed by atoms with Crippen LogP contribution in [-0.4, -0.2) is 48.6 Å². The van der Waals surface area contributed by atoms with E-state index in [2.05, 4.69) is 16.0 Å². The van der Waals surface area contributed by atoms with Gasteiger partial charge in [-0.1, -0.05) is 51.1 Å². The maximum atomic E-state index is 13.0. The molecule has 0 radical (unpaired) electrons. The number of carbonyl (C=O) groups excluding carboxylic acids is 4. The van der Waals surface area contributed by atoms with Crippen LogP contribution in [0.15, 0.2) is 30.3 Å². The molecule has 1 aromatic carbocycles. The van der Waals surface area contributed by atoms with E-state index in [9.17, 15) is 19.2 Å². The Morgan fingerprint density at radius 1 is 0.906 bits per heavy atom. The normalized spacial score (nSPS) is 13.3. The van der Waals surface area contributed by atoms with Gasteiger partial charge < -0.3 is 25.4 Å². The van der Waals surface area contributed by atoms with Gasteiger partial charge in [0.25, 0.3) is 0 Å². The summed E-state index contributed by atoms with van der Waals surface area (Å²) in [4.78, 5) is 49.9. The number of ether oxygens (including phenoxy) is 2. The summed E-state index contributed by atoms with van der Waals surface area (Å²) in [5.74, 6) is -1.78. The Hall–Kier alpha value is -3.10. The van der Waals surface area contributed by atoms with Crippen LogP contribution in [0.3, 0.4) is 0 Å². The Morgan fingerprint density at radius 3 is 2.00 bits per heavy atom. The number of benzene rings is 1. The maximum Gasteiger partial charge on any atom is 0.408 e. The van der Waals surface area contributed by atoms with Crippen molar-refractivity contribution in [3.8, 4) is 0 Å². The fourth-order valence-electron chi connectivity index (χ4n) is 2.69. The van der Waals surface area contributed by atoms with Crippen LogP contribution in [-0.2, 0) is 30.5 Å². The average molecular weight is 450 g/mol. The Balaban J connectivity index is 2.94. The fraction of sp³-hybridized carbons (Fsp3) is 0.565. The van der Waals surface area contributed by atoms with Crippen molar-refractivity contribution in [2.45, 2.75) is 72.3 Å². The van der Waals surface area contributed by atoms with Crippen molar-refractivity contribution in [1.29, 1.82) is 0 Å². The van der Waals surface area contributed by atoms with E-state index in [0.717, 1.165) is 5.56 Å². The van der Waals surface area contributed by atoms with Gasteiger partial charge in [-0.2, -0.15) is 0 Å². The maximum absolute atomic E-state index is 13.0. The molecule has 9 heteroatoms. The molecule has 3 amide bonds. The molecule has 0 fully saturated rings. The molecule has 32 heavy (non-hydrogen) atoms. The van der Waals surface area contributed by atoms with Gasteiger partial charge in [0.1, 0.15) is 24.3 Å². The summed E-state index contributed by atoms with van der Waals surface area (Å²) >= 11 is 0. The highest BCUT2D eigenvalue weighted by Gasteiger charge is 2.35. The van der Waals surface area contributed by atoms with E-state index < -0.39 is 53.4 Å². The molecular formula is C23H35N3O6. The second kappa shape index (κ2) is 11.5. The topological polar surface area (TPSA) is 123 Å². The molecule has 0 heterocycles. The van der Waals surface area contributed by atoms with E-state index in [0.29, 0.717) is 0 Å². The lowest BCUT2D eigenvalue weighted by molar-refractivity contribution is -0.147. The standard InChI is InChI=1S/C23H35N3O6/c1-22(2,3)18(20(29)24-7)26-19(28)16(25-21(30)32-23(4,5)6)13-17(27)31-14-15-11-9-8-10-12-15/h8-12,16,18H,13-14H2,1-7H3,(H,24,29)(H,25,30)(H,26,28)/t16-,18+/m0/s1. The minimum absolute atomic E-state index is 0.0311. The lowest BCUT2D eigenvalue weighted by atomic mass is 9.86. The highest BCUT2D eigenvalue weighted by Crippen LogP contribution is 2.20. The largest absolute Gasteiger partial charge is 0.461 e. The number of rotatable bonds is 8. The van der Waals surface area contributed by atoms with Gasteiger partial charge >= 0.3 is 12.1 Å². The van der Waals surface area contributed by atoms with Gasteiger partial charge in [-0.15, -0.1) is 0 Å². The average Bonchev–Trinajstić information content (AvgIpc) is 2.67. The van der Waals surface area contributed by atoms with Gasteiger partial charge in [0.05, 0.1) is 6.42 Å². The molecule has 9 nitrogen and oxygen atoms in total. The first kappa shape index (κ1) is 26.9. The summed E-state index contributed by atoms with van der Waals surface area (Å²) in [6.07, 6.45) is -1.29. The summed E-state index contributed by atoms with van der Waals surface area (Å²) in [6, 6.07) is 6.89. The molecule has 0 aromatic heterocycles. The molecule has 3 N–H and O–H groups in total. The van der Waals surface area contributed by atoms with E-state index in [-0.39, 0.29) is 6.61 Å². The van der Waals surface area contributed by atoms with Crippen molar-refractivity contribution in [1.82, 2.24) is 16.0 Å². The molecule has 0 bridgehead atoms. The van der Waals surface area contributed by atoms with E-state index in [4.69, 9.17) is 9.47 Å². The number of carbonyl (C=O) groups is 4. The number of hydrogen-bond acceptors (Lipinski definition) is 6. The Morgan fingerprint density at radius 2 is 1.50 bits per heavy atom. The van der Waals surface area contributed by atoms with E-state index in [1.807, 2.05) is 18.2 Å².